The molecule has 0 saturated carbocycles. The minimum absolute atomic E-state index is 0.0242. The zero-order chi connectivity index (χ0) is 14.4. The lowest BCUT2D eigenvalue weighted by Crippen LogP contribution is -2.19. The van der Waals surface area contributed by atoms with E-state index < -0.39 is 0 Å². The van der Waals surface area contributed by atoms with E-state index in [4.69, 9.17) is 0 Å². The van der Waals surface area contributed by atoms with Crippen molar-refractivity contribution >= 4 is 17.3 Å². The molecule has 1 amide bonds. The Balaban J connectivity index is 1.66. The van der Waals surface area contributed by atoms with E-state index in [2.05, 4.69) is 41.8 Å². The van der Waals surface area contributed by atoms with E-state index in [1.807, 2.05) is 12.1 Å². The van der Waals surface area contributed by atoms with Gasteiger partial charge in [-0.05, 0) is 55.5 Å². The fourth-order valence-electron chi connectivity index (χ4n) is 3.35. The van der Waals surface area contributed by atoms with Gasteiger partial charge in [-0.1, -0.05) is 23.8 Å². The average molecular weight is 278 g/mol. The second kappa shape index (κ2) is 4.62. The fraction of sp³-hybridized carbons (Fsp3) is 0.278. The van der Waals surface area contributed by atoms with Gasteiger partial charge < -0.3 is 10.6 Å². The van der Waals surface area contributed by atoms with E-state index in [1.165, 1.54) is 29.5 Å². The van der Waals surface area contributed by atoms with Gasteiger partial charge in [0.25, 0.3) is 5.91 Å². The highest BCUT2D eigenvalue weighted by Crippen LogP contribution is 2.34. The number of hydrogen-bond acceptors (Lipinski definition) is 2. The molecule has 0 bridgehead atoms. The average Bonchev–Trinajstić information content (AvgIpc) is 3.04. The van der Waals surface area contributed by atoms with Crippen molar-refractivity contribution in [2.24, 2.45) is 0 Å². The molecule has 3 heteroatoms. The second-order valence-electron chi connectivity index (χ2n) is 5.99. The predicted molar refractivity (Wildman–Crippen MR) is 84.6 cm³/mol. The van der Waals surface area contributed by atoms with Crippen LogP contribution in [0.3, 0.4) is 0 Å². The number of fused-ring (bicyclic) bond motifs is 2. The zero-order valence-electron chi connectivity index (χ0n) is 12.1. The molecular formula is C18H18N2O. The lowest BCUT2D eigenvalue weighted by Gasteiger charge is -2.14. The molecule has 1 aliphatic carbocycles. The largest absolute Gasteiger partial charge is 0.370 e. The highest BCUT2D eigenvalue weighted by Gasteiger charge is 2.30. The molecular weight excluding hydrogens is 260 g/mol. The third kappa shape index (κ3) is 2.09. The number of nitrogens with one attached hydrogen (secondary N) is 2. The number of carbonyl (C=O) groups is 1. The molecule has 0 saturated heterocycles. The summed E-state index contributed by atoms with van der Waals surface area (Å²) in [6.07, 6.45) is 3.57. The van der Waals surface area contributed by atoms with E-state index in [9.17, 15) is 4.79 Å². The van der Waals surface area contributed by atoms with Crippen LogP contribution < -0.4 is 10.6 Å². The van der Waals surface area contributed by atoms with Gasteiger partial charge in [0.05, 0.1) is 0 Å². The highest BCUT2D eigenvalue weighted by molar-refractivity contribution is 6.04. The Bertz CT molecular complexity index is 736. The zero-order valence-corrected chi connectivity index (χ0v) is 12.1. The molecule has 3 nitrogen and oxygen atoms in total. The van der Waals surface area contributed by atoms with E-state index in [0.29, 0.717) is 0 Å². The molecule has 2 aliphatic rings. The molecule has 2 aromatic carbocycles. The molecule has 106 valence electrons. The Kier molecular flexibility index (Phi) is 2.74. The summed E-state index contributed by atoms with van der Waals surface area (Å²) in [5.41, 5.74) is 7.04. The predicted octanol–water partition coefficient (Wildman–Crippen LogP) is 3.59. The van der Waals surface area contributed by atoms with Crippen LogP contribution in [0, 0.1) is 6.92 Å². The first-order valence-corrected chi connectivity index (χ1v) is 7.50. The van der Waals surface area contributed by atoms with Crippen molar-refractivity contribution in [2.45, 2.75) is 32.2 Å². The Morgan fingerprint density at radius 3 is 2.86 bits per heavy atom. The Hall–Kier alpha value is -2.29. The van der Waals surface area contributed by atoms with Crippen molar-refractivity contribution in [1.82, 2.24) is 0 Å². The summed E-state index contributed by atoms with van der Waals surface area (Å²) in [6, 6.07) is 12.3. The topological polar surface area (TPSA) is 41.1 Å². The van der Waals surface area contributed by atoms with Gasteiger partial charge in [0.1, 0.15) is 6.04 Å². The number of hydrogen-bond donors (Lipinski definition) is 2. The third-order valence-electron chi connectivity index (χ3n) is 4.45. The monoisotopic (exact) mass is 278 g/mol. The molecule has 1 unspecified atom stereocenters. The van der Waals surface area contributed by atoms with E-state index in [0.717, 1.165) is 23.4 Å². The summed E-state index contributed by atoms with van der Waals surface area (Å²) in [5.74, 6) is 0.0242. The summed E-state index contributed by atoms with van der Waals surface area (Å²) in [5, 5.41) is 6.34. The minimum atomic E-state index is -0.292. The lowest BCUT2D eigenvalue weighted by molar-refractivity contribution is -0.116. The number of aryl methyl sites for hydroxylation is 3. The van der Waals surface area contributed by atoms with Crippen molar-refractivity contribution in [3.63, 3.8) is 0 Å². The molecule has 1 atom stereocenters. The van der Waals surface area contributed by atoms with Gasteiger partial charge in [-0.15, -0.1) is 0 Å². The smallest absolute Gasteiger partial charge is 0.251 e. The van der Waals surface area contributed by atoms with Crippen LogP contribution in [0.25, 0.3) is 0 Å². The van der Waals surface area contributed by atoms with E-state index in [-0.39, 0.29) is 11.9 Å². The number of anilines is 2. The van der Waals surface area contributed by atoms with Crippen LogP contribution in [0.1, 0.15) is 34.7 Å². The Labute approximate surface area is 124 Å². The summed E-state index contributed by atoms with van der Waals surface area (Å²) in [6.45, 7) is 2.05. The van der Waals surface area contributed by atoms with Crippen molar-refractivity contribution in [3.8, 4) is 0 Å². The number of carbonyl (C=O) groups excluding carboxylic acids is 1. The molecule has 0 radical (unpaired) electrons. The highest BCUT2D eigenvalue weighted by atomic mass is 16.2. The van der Waals surface area contributed by atoms with Crippen molar-refractivity contribution in [1.29, 1.82) is 0 Å². The van der Waals surface area contributed by atoms with Gasteiger partial charge in [-0.2, -0.15) is 0 Å². The van der Waals surface area contributed by atoms with Crippen LogP contribution in [-0.4, -0.2) is 5.91 Å². The number of amides is 1. The molecule has 1 aliphatic heterocycles. The molecule has 0 fully saturated rings. The maximum absolute atomic E-state index is 12.2. The van der Waals surface area contributed by atoms with Crippen LogP contribution in [0.4, 0.5) is 11.4 Å². The quantitative estimate of drug-likeness (QED) is 0.881. The van der Waals surface area contributed by atoms with Crippen LogP contribution in [0.15, 0.2) is 36.4 Å². The second-order valence-corrected chi connectivity index (χ2v) is 5.99. The van der Waals surface area contributed by atoms with Gasteiger partial charge in [0.2, 0.25) is 0 Å². The molecule has 2 aromatic rings. The normalized spacial score (nSPS) is 19.1. The van der Waals surface area contributed by atoms with Crippen LogP contribution >= 0.6 is 0 Å². The molecule has 4 rings (SSSR count). The SMILES string of the molecule is Cc1ccc2c(c1)C(Nc1ccc3c(c1)CCC3)C(=O)N2. The first-order valence-electron chi connectivity index (χ1n) is 7.50. The summed E-state index contributed by atoms with van der Waals surface area (Å²) in [4.78, 5) is 12.2. The van der Waals surface area contributed by atoms with E-state index >= 15 is 0 Å². The maximum Gasteiger partial charge on any atom is 0.251 e. The van der Waals surface area contributed by atoms with Crippen molar-refractivity contribution < 1.29 is 4.79 Å². The fourth-order valence-corrected chi connectivity index (χ4v) is 3.35. The number of rotatable bonds is 2. The van der Waals surface area contributed by atoms with Crippen molar-refractivity contribution in [2.75, 3.05) is 10.6 Å². The summed E-state index contributed by atoms with van der Waals surface area (Å²) >= 11 is 0. The van der Waals surface area contributed by atoms with E-state index in [1.54, 1.807) is 0 Å². The van der Waals surface area contributed by atoms with Gasteiger partial charge >= 0.3 is 0 Å². The molecule has 21 heavy (non-hydrogen) atoms. The van der Waals surface area contributed by atoms with Crippen molar-refractivity contribution in [3.05, 3.63) is 58.7 Å². The molecule has 1 heterocycles. The standard InChI is InChI=1S/C18H18N2O/c1-11-5-8-16-15(9-11)17(18(21)20-16)19-14-7-6-12-3-2-4-13(12)10-14/h5-10,17,19H,2-4H2,1H3,(H,20,21). The first-order chi connectivity index (χ1) is 10.2. The van der Waals surface area contributed by atoms with Gasteiger partial charge in [-0.25, -0.2) is 0 Å². The Morgan fingerprint density at radius 2 is 1.95 bits per heavy atom. The Morgan fingerprint density at radius 1 is 1.10 bits per heavy atom. The third-order valence-corrected chi connectivity index (χ3v) is 4.45. The summed E-state index contributed by atoms with van der Waals surface area (Å²) < 4.78 is 0. The lowest BCUT2D eigenvalue weighted by atomic mass is 10.0. The summed E-state index contributed by atoms with van der Waals surface area (Å²) in [7, 11) is 0. The number of benzene rings is 2. The van der Waals surface area contributed by atoms with Crippen LogP contribution in [0.5, 0.6) is 0 Å². The van der Waals surface area contributed by atoms with Gasteiger partial charge in [0, 0.05) is 16.9 Å². The van der Waals surface area contributed by atoms with Gasteiger partial charge in [-0.3, -0.25) is 4.79 Å². The molecule has 0 spiro atoms. The maximum atomic E-state index is 12.2. The van der Waals surface area contributed by atoms with Crippen LogP contribution in [0.2, 0.25) is 0 Å². The van der Waals surface area contributed by atoms with Gasteiger partial charge in [0.15, 0.2) is 0 Å². The van der Waals surface area contributed by atoms with Crippen LogP contribution in [-0.2, 0) is 17.6 Å². The minimum Gasteiger partial charge on any atom is -0.370 e. The molecule has 0 aromatic heterocycles. The molecule has 2 N–H and O–H groups in total. The first kappa shape index (κ1) is 12.5.